The van der Waals surface area contributed by atoms with Crippen LogP contribution in [0, 0.1) is 17.8 Å². The van der Waals surface area contributed by atoms with Crippen molar-refractivity contribution in [1.82, 2.24) is 25.3 Å². The van der Waals surface area contributed by atoms with Crippen molar-refractivity contribution in [2.24, 2.45) is 24.8 Å². The minimum absolute atomic E-state index is 0.0718. The summed E-state index contributed by atoms with van der Waals surface area (Å²) in [7, 11) is 3.80. The molecule has 2 N–H and O–H groups in total. The first-order valence-corrected chi connectivity index (χ1v) is 11.9. The van der Waals surface area contributed by atoms with Gasteiger partial charge >= 0.3 is 0 Å². The van der Waals surface area contributed by atoms with Crippen LogP contribution < -0.4 is 10.6 Å². The highest BCUT2D eigenvalue weighted by molar-refractivity contribution is 5.81. The Bertz CT molecular complexity index is 851. The molecule has 0 aliphatic carbocycles. The summed E-state index contributed by atoms with van der Waals surface area (Å²) < 4.78 is 1.82. The van der Waals surface area contributed by atoms with Gasteiger partial charge in [-0.3, -0.25) is 9.48 Å². The second-order valence-electron chi connectivity index (χ2n) is 9.61. The highest BCUT2D eigenvalue weighted by Crippen LogP contribution is 2.27. The fourth-order valence-corrected chi connectivity index (χ4v) is 4.39. The quantitative estimate of drug-likeness (QED) is 0.560. The Labute approximate surface area is 194 Å². The highest BCUT2D eigenvalue weighted by atomic mass is 16.2. The maximum Gasteiger partial charge on any atom is 0.228 e. The first kappa shape index (κ1) is 25.9. The predicted molar refractivity (Wildman–Crippen MR) is 134 cm³/mol. The maximum atomic E-state index is 13.1. The molecule has 2 rings (SSSR count). The fourth-order valence-electron chi connectivity index (χ4n) is 4.39. The number of aryl methyl sites for hydroxylation is 1. The van der Waals surface area contributed by atoms with E-state index in [4.69, 9.17) is 0 Å². The Morgan fingerprint density at radius 1 is 1.25 bits per heavy atom. The molecular formula is C26H43N5O. The van der Waals surface area contributed by atoms with Crippen molar-refractivity contribution in [2.75, 3.05) is 26.7 Å². The fraction of sp³-hybridized carbons (Fsp3) is 0.615. The first-order valence-electron chi connectivity index (χ1n) is 11.9. The molecule has 1 aromatic rings. The second kappa shape index (κ2) is 12.0. The van der Waals surface area contributed by atoms with Crippen LogP contribution in [0.2, 0.25) is 0 Å². The first-order chi connectivity index (χ1) is 15.2. The molecular weight excluding hydrogens is 398 g/mol. The molecule has 0 radical (unpaired) electrons. The van der Waals surface area contributed by atoms with Gasteiger partial charge in [0.25, 0.3) is 0 Å². The summed E-state index contributed by atoms with van der Waals surface area (Å²) in [6.07, 6.45) is 10.1. The maximum absolute atomic E-state index is 13.1. The van der Waals surface area contributed by atoms with E-state index in [9.17, 15) is 4.79 Å². The zero-order chi connectivity index (χ0) is 23.8. The molecule has 6 nitrogen and oxygen atoms in total. The normalized spacial score (nSPS) is 17.7. The van der Waals surface area contributed by atoms with E-state index in [1.54, 1.807) is 0 Å². The molecule has 0 bridgehead atoms. The van der Waals surface area contributed by atoms with Crippen molar-refractivity contribution in [3.63, 3.8) is 0 Å². The topological polar surface area (TPSA) is 62.2 Å². The van der Waals surface area contributed by atoms with Gasteiger partial charge in [-0.2, -0.15) is 5.10 Å². The van der Waals surface area contributed by atoms with E-state index in [1.807, 2.05) is 38.1 Å². The number of nitrogens with one attached hydrogen (secondary N) is 2. The summed E-state index contributed by atoms with van der Waals surface area (Å²) in [6, 6.07) is 0. The van der Waals surface area contributed by atoms with Crippen molar-refractivity contribution < 1.29 is 4.79 Å². The van der Waals surface area contributed by atoms with E-state index in [-0.39, 0.29) is 11.8 Å². The zero-order valence-electron chi connectivity index (χ0n) is 21.3. The van der Waals surface area contributed by atoms with Crippen LogP contribution in [0.5, 0.6) is 0 Å². The van der Waals surface area contributed by atoms with Gasteiger partial charge in [0.15, 0.2) is 0 Å². The van der Waals surface area contributed by atoms with Gasteiger partial charge < -0.3 is 15.5 Å². The summed E-state index contributed by atoms with van der Waals surface area (Å²) in [6.45, 7) is 16.1. The summed E-state index contributed by atoms with van der Waals surface area (Å²) in [5, 5.41) is 10.7. The van der Waals surface area contributed by atoms with Gasteiger partial charge in [0.1, 0.15) is 5.82 Å². The second-order valence-corrected chi connectivity index (χ2v) is 9.61. The van der Waals surface area contributed by atoms with Crippen LogP contribution in [0.25, 0.3) is 5.57 Å². The number of piperidine rings is 1. The van der Waals surface area contributed by atoms with Crippen LogP contribution in [0.4, 0.5) is 0 Å². The number of hydrogen-bond donors (Lipinski definition) is 2. The van der Waals surface area contributed by atoms with Gasteiger partial charge in [-0.15, -0.1) is 0 Å². The SMILES string of the molecule is C\C=C(/C=C(/C(C)=C(\NC)NC(=O)C1CCN(CC(C)C)CC1)C(C)C)c1cnn(C)c1. The summed E-state index contributed by atoms with van der Waals surface area (Å²) in [4.78, 5) is 15.5. The molecule has 0 aromatic carbocycles. The van der Waals surface area contributed by atoms with Gasteiger partial charge in [-0.25, -0.2) is 0 Å². The highest BCUT2D eigenvalue weighted by Gasteiger charge is 2.26. The van der Waals surface area contributed by atoms with Gasteiger partial charge in [0.05, 0.1) is 6.20 Å². The molecule has 32 heavy (non-hydrogen) atoms. The smallest absolute Gasteiger partial charge is 0.228 e. The van der Waals surface area contributed by atoms with Crippen molar-refractivity contribution in [2.45, 2.75) is 54.4 Å². The standard InChI is InChI=1S/C26H43N5O/c1-9-21(23-15-28-30(8)17-23)14-24(19(4)5)20(6)25(27-7)29-26(32)22-10-12-31(13-11-22)16-18(2)3/h9,14-15,17-19,22,27H,10-13,16H2,1-8H3,(H,29,32)/b21-9+,24-14+,25-20+. The van der Waals surface area contributed by atoms with Crippen molar-refractivity contribution in [1.29, 1.82) is 0 Å². The molecule has 1 aliphatic heterocycles. The number of aromatic nitrogens is 2. The van der Waals surface area contributed by atoms with Gasteiger partial charge in [-0.1, -0.05) is 39.8 Å². The van der Waals surface area contributed by atoms with Crippen LogP contribution in [-0.2, 0) is 11.8 Å². The minimum atomic E-state index is 0.0718. The number of carbonyl (C=O) groups excluding carboxylic acids is 1. The molecule has 0 atom stereocenters. The van der Waals surface area contributed by atoms with Crippen molar-refractivity contribution in [3.8, 4) is 0 Å². The Kier molecular flexibility index (Phi) is 9.76. The number of hydrogen-bond acceptors (Lipinski definition) is 4. The molecule has 1 fully saturated rings. The molecule has 1 amide bonds. The Hall–Kier alpha value is -2.34. The van der Waals surface area contributed by atoms with Crippen LogP contribution in [0.3, 0.4) is 0 Å². The van der Waals surface area contributed by atoms with Gasteiger partial charge in [-0.05, 0) is 68.3 Å². The number of nitrogens with zero attached hydrogens (tertiary/aromatic N) is 3. The molecule has 1 aliphatic rings. The lowest BCUT2D eigenvalue weighted by molar-refractivity contribution is -0.125. The predicted octanol–water partition coefficient (Wildman–Crippen LogP) is 4.34. The Morgan fingerprint density at radius 2 is 1.91 bits per heavy atom. The molecule has 0 saturated carbocycles. The van der Waals surface area contributed by atoms with E-state index in [1.165, 1.54) is 5.57 Å². The van der Waals surface area contributed by atoms with Gasteiger partial charge in [0.2, 0.25) is 5.91 Å². The average Bonchev–Trinajstić information content (AvgIpc) is 3.18. The van der Waals surface area contributed by atoms with E-state index in [2.05, 4.69) is 67.4 Å². The zero-order valence-corrected chi connectivity index (χ0v) is 21.3. The third-order valence-corrected chi connectivity index (χ3v) is 6.17. The lowest BCUT2D eigenvalue weighted by atomic mass is 9.92. The Morgan fingerprint density at radius 3 is 2.38 bits per heavy atom. The number of amides is 1. The average molecular weight is 442 g/mol. The molecule has 1 aromatic heterocycles. The number of carbonyl (C=O) groups is 1. The molecule has 2 heterocycles. The van der Waals surface area contributed by atoms with Crippen molar-refractivity contribution >= 4 is 11.5 Å². The summed E-state index contributed by atoms with van der Waals surface area (Å²) in [5.41, 5.74) is 4.47. The van der Waals surface area contributed by atoms with E-state index < -0.39 is 0 Å². The van der Waals surface area contributed by atoms with Crippen LogP contribution in [0.15, 0.2) is 41.5 Å². The van der Waals surface area contributed by atoms with Crippen molar-refractivity contribution in [3.05, 3.63) is 47.1 Å². The largest absolute Gasteiger partial charge is 0.374 e. The van der Waals surface area contributed by atoms with E-state index >= 15 is 0 Å². The third kappa shape index (κ3) is 7.09. The monoisotopic (exact) mass is 441 g/mol. The third-order valence-electron chi connectivity index (χ3n) is 6.17. The molecule has 0 spiro atoms. The van der Waals surface area contributed by atoms with Crippen LogP contribution >= 0.6 is 0 Å². The van der Waals surface area contributed by atoms with Gasteiger partial charge in [0, 0.05) is 38.3 Å². The summed E-state index contributed by atoms with van der Waals surface area (Å²) >= 11 is 0. The molecule has 6 heteroatoms. The Balaban J connectivity index is 2.18. The molecule has 178 valence electrons. The minimum Gasteiger partial charge on any atom is -0.374 e. The van der Waals surface area contributed by atoms with Crippen LogP contribution in [0.1, 0.15) is 59.9 Å². The summed E-state index contributed by atoms with van der Waals surface area (Å²) in [5.74, 6) is 1.96. The molecule has 0 unspecified atom stereocenters. The number of rotatable bonds is 9. The van der Waals surface area contributed by atoms with E-state index in [0.717, 1.165) is 55.0 Å². The van der Waals surface area contributed by atoms with E-state index in [0.29, 0.717) is 11.8 Å². The number of allylic oxidation sites excluding steroid dienone is 5. The lowest BCUT2D eigenvalue weighted by Gasteiger charge is -2.32. The number of likely N-dealkylation sites (tertiary alicyclic amines) is 1. The molecule has 1 saturated heterocycles. The van der Waals surface area contributed by atoms with Crippen LogP contribution in [-0.4, -0.2) is 47.3 Å². The lowest BCUT2D eigenvalue weighted by Crippen LogP contribution is -2.43.